The minimum absolute atomic E-state index is 0.0108. The summed E-state index contributed by atoms with van der Waals surface area (Å²) in [6.07, 6.45) is -3.84. The van der Waals surface area contributed by atoms with Crippen molar-refractivity contribution in [2.45, 2.75) is 55.8 Å². The molecule has 0 unspecified atom stereocenters. The molecule has 0 bridgehead atoms. The van der Waals surface area contributed by atoms with Crippen LogP contribution < -0.4 is 5.43 Å². The second kappa shape index (κ2) is 16.7. The highest BCUT2D eigenvalue weighted by molar-refractivity contribution is 7.98. The highest BCUT2D eigenvalue weighted by Gasteiger charge is 2.31. The Labute approximate surface area is 317 Å². The predicted molar refractivity (Wildman–Crippen MR) is 198 cm³/mol. The minimum atomic E-state index is -4.52. The van der Waals surface area contributed by atoms with Gasteiger partial charge in [0, 0.05) is 62.0 Å². The Balaban J connectivity index is 1.45. The molecular weight excluding hydrogens is 710 g/mol. The number of rotatable bonds is 12. The summed E-state index contributed by atoms with van der Waals surface area (Å²) in [7, 11) is 1.58. The molecule has 0 spiro atoms. The quantitative estimate of drug-likeness (QED) is 0.0943. The number of nitrogens with zero attached hydrogens (tertiary/aromatic N) is 3. The number of ether oxygens (including phenoxy) is 1. The van der Waals surface area contributed by atoms with Crippen LogP contribution in [0.1, 0.15) is 43.3 Å². The maximum absolute atomic E-state index is 14.9. The lowest BCUT2D eigenvalue weighted by atomic mass is 10.00. The monoisotopic (exact) mass is 755 g/mol. The number of amides is 1. The average Bonchev–Trinajstić information content (AvgIpc) is 3.21. The Morgan fingerprint density at radius 3 is 2.34 bits per heavy atom. The van der Waals surface area contributed by atoms with E-state index in [0.717, 1.165) is 34.9 Å². The maximum Gasteiger partial charge on any atom is 0.416 e. The van der Waals surface area contributed by atoms with Gasteiger partial charge in [0.05, 0.1) is 30.9 Å². The molecule has 2 heterocycles. The molecule has 0 atom stereocenters. The zero-order valence-electron chi connectivity index (χ0n) is 34.9. The summed E-state index contributed by atoms with van der Waals surface area (Å²) >= 11 is 0.738. The van der Waals surface area contributed by atoms with Gasteiger partial charge < -0.3 is 19.1 Å². The number of carbonyl (C=O) groups excluding carboxylic acids is 1. The van der Waals surface area contributed by atoms with E-state index >= 15 is 0 Å². The first-order valence-electron chi connectivity index (χ1n) is 19.9. The molecule has 278 valence electrons. The number of benzene rings is 4. The highest BCUT2D eigenvalue weighted by Crippen LogP contribution is 2.32. The van der Waals surface area contributed by atoms with Crippen molar-refractivity contribution in [2.24, 2.45) is 0 Å². The number of fused-ring (bicyclic) bond motifs is 1. The molecule has 6 rings (SSSR count). The van der Waals surface area contributed by atoms with Crippen LogP contribution >= 0.6 is 11.8 Å². The van der Waals surface area contributed by atoms with Gasteiger partial charge in [-0.3, -0.25) is 9.59 Å². The number of pyridine rings is 1. The molecule has 1 aliphatic heterocycles. The van der Waals surface area contributed by atoms with E-state index < -0.39 is 77.3 Å². The fraction of sp³-hybridized carbons (Fsp3) is 0.317. The van der Waals surface area contributed by atoms with E-state index in [4.69, 9.17) is 10.2 Å². The number of likely N-dealkylation sites (tertiary alicyclic amines) is 1. The molecule has 1 fully saturated rings. The van der Waals surface area contributed by atoms with E-state index in [-0.39, 0.29) is 39.0 Å². The van der Waals surface area contributed by atoms with E-state index in [1.807, 2.05) is 0 Å². The zero-order chi connectivity index (χ0) is 43.0. The smallest absolute Gasteiger partial charge is 0.383 e. The summed E-state index contributed by atoms with van der Waals surface area (Å²) in [5.74, 6) is -3.40. The van der Waals surface area contributed by atoms with E-state index in [9.17, 15) is 34.3 Å². The Morgan fingerprint density at radius 1 is 1.00 bits per heavy atom. The molecule has 1 aliphatic rings. The number of methoxy groups -OCH3 is 1. The fourth-order valence-corrected chi connectivity index (χ4v) is 7.16. The van der Waals surface area contributed by atoms with Crippen LogP contribution in [0.2, 0.25) is 0 Å². The first-order chi connectivity index (χ1) is 27.9. The number of thioether (sulfide) groups is 1. The van der Waals surface area contributed by atoms with Gasteiger partial charge in [0.2, 0.25) is 5.91 Å². The van der Waals surface area contributed by atoms with Crippen molar-refractivity contribution in [2.75, 3.05) is 33.4 Å². The van der Waals surface area contributed by atoms with Gasteiger partial charge in [-0.15, -0.1) is 11.8 Å². The normalized spacial score (nSPS) is 16.1. The number of hydrogen-bond donors (Lipinski definition) is 0. The van der Waals surface area contributed by atoms with Crippen LogP contribution in [0.25, 0.3) is 22.0 Å². The second-order valence-electron chi connectivity index (χ2n) is 12.7. The Kier molecular flexibility index (Phi) is 9.71. The Hall–Kier alpha value is -4.52. The minimum Gasteiger partial charge on any atom is -0.383 e. The third-order valence-electron chi connectivity index (χ3n) is 9.05. The third kappa shape index (κ3) is 9.17. The van der Waals surface area contributed by atoms with Crippen molar-refractivity contribution in [1.82, 2.24) is 14.4 Å². The Morgan fingerprint density at radius 2 is 1.68 bits per heavy atom. The first kappa shape index (κ1) is 30.9. The van der Waals surface area contributed by atoms with Gasteiger partial charge in [-0.05, 0) is 72.3 Å². The lowest BCUT2D eigenvalue weighted by Crippen LogP contribution is -2.48. The molecule has 1 saturated heterocycles. The van der Waals surface area contributed by atoms with Gasteiger partial charge in [0.1, 0.15) is 6.54 Å². The molecule has 53 heavy (non-hydrogen) atoms. The van der Waals surface area contributed by atoms with Crippen molar-refractivity contribution in [3.05, 3.63) is 135 Å². The van der Waals surface area contributed by atoms with Crippen LogP contribution in [0.4, 0.5) is 22.0 Å². The maximum atomic E-state index is 14.9. The van der Waals surface area contributed by atoms with E-state index in [0.29, 0.717) is 50.2 Å². The number of piperidine rings is 1. The summed E-state index contributed by atoms with van der Waals surface area (Å²) in [5.41, 5.74) is -1.15. The molecule has 0 saturated carbocycles. The second-order valence-corrected chi connectivity index (χ2v) is 13.6. The molecule has 1 amide bonds. The molecule has 6 nitrogen and oxygen atoms in total. The van der Waals surface area contributed by atoms with Gasteiger partial charge in [-0.25, -0.2) is 8.78 Å². The molecule has 1 aromatic heterocycles. The lowest BCUT2D eigenvalue weighted by Gasteiger charge is -2.39. The SMILES string of the molecule is [2H]c1c(C)c([2H])c2c(c1[2H])c(=O)c([2H])c(SCc1cccc(F)c1F)n2CC(=O)N(C1CCN(CCOC)CC1)C([2H])([2H])c1ccc(-c2ccc(C(F)(F)F)cc2)cc1. The third-order valence-corrected chi connectivity index (χ3v) is 10.1. The largest absolute Gasteiger partial charge is 0.416 e. The molecule has 0 radical (unpaired) electrons. The van der Waals surface area contributed by atoms with Crippen molar-refractivity contribution in [3.8, 4) is 11.1 Å². The van der Waals surface area contributed by atoms with Gasteiger partial charge >= 0.3 is 6.18 Å². The van der Waals surface area contributed by atoms with E-state index in [1.54, 1.807) is 7.11 Å². The number of alkyl halides is 3. The molecule has 0 N–H and O–H groups in total. The van der Waals surface area contributed by atoms with Crippen molar-refractivity contribution in [1.29, 1.82) is 0 Å². The van der Waals surface area contributed by atoms with Gasteiger partial charge in [-0.2, -0.15) is 13.2 Å². The van der Waals surface area contributed by atoms with Crippen molar-refractivity contribution in [3.63, 3.8) is 0 Å². The summed E-state index contributed by atoms with van der Waals surface area (Å²) in [5, 5.41) is -0.662. The van der Waals surface area contributed by atoms with Crippen LogP contribution in [0, 0.1) is 18.6 Å². The van der Waals surface area contributed by atoms with Crippen molar-refractivity contribution < 1.29 is 39.7 Å². The topological polar surface area (TPSA) is 54.8 Å². The average molecular weight is 756 g/mol. The molecule has 12 heteroatoms. The summed E-state index contributed by atoms with van der Waals surface area (Å²) < 4.78 is 129. The van der Waals surface area contributed by atoms with E-state index in [2.05, 4.69) is 4.90 Å². The van der Waals surface area contributed by atoms with Crippen LogP contribution in [0.15, 0.2) is 101 Å². The molecule has 0 aliphatic carbocycles. The predicted octanol–water partition coefficient (Wildman–Crippen LogP) is 8.71. The first-order valence-corrected chi connectivity index (χ1v) is 17.9. The number of carbonyl (C=O) groups is 1. The zero-order valence-corrected chi connectivity index (χ0v) is 29.8. The summed E-state index contributed by atoms with van der Waals surface area (Å²) in [4.78, 5) is 31.9. The van der Waals surface area contributed by atoms with Crippen LogP contribution in [0.5, 0.6) is 0 Å². The highest BCUT2D eigenvalue weighted by atomic mass is 32.2. The Bertz CT molecular complexity index is 2430. The van der Waals surface area contributed by atoms with Gasteiger partial charge in [-0.1, -0.05) is 54.6 Å². The standard InChI is InChI=1S/C41H40F5N3O3S/c1-27-6-15-34-36(22-27)49(39(23-37(34)50)53-26-31-4-3-5-35(42)40(31)43)25-38(51)48(33-16-18-47(19-17-33)20-21-52-2)24-28-7-9-29(10-8-28)30-11-13-32(14-12-30)41(44,45)46/h3-15,22-23,33H,16-21,24-26H2,1-2H3/i6D,15D,22D,23D,24D2. The molecular formula is C41H40F5N3O3S. The van der Waals surface area contributed by atoms with Crippen LogP contribution in [-0.2, 0) is 34.5 Å². The van der Waals surface area contributed by atoms with E-state index in [1.165, 1.54) is 60.0 Å². The number of hydrogen-bond acceptors (Lipinski definition) is 5. The number of halogens is 5. The van der Waals surface area contributed by atoms with Crippen LogP contribution in [0.3, 0.4) is 0 Å². The van der Waals surface area contributed by atoms with Crippen molar-refractivity contribution >= 4 is 28.6 Å². The van der Waals surface area contributed by atoms with Gasteiger partial charge in [0.25, 0.3) is 0 Å². The molecule has 5 aromatic rings. The fourth-order valence-electron chi connectivity index (χ4n) is 6.17. The summed E-state index contributed by atoms with van der Waals surface area (Å²) in [6, 6.07) is 11.3. The summed E-state index contributed by atoms with van der Waals surface area (Å²) in [6.45, 7) is 0.190. The number of aromatic nitrogens is 1. The van der Waals surface area contributed by atoms with Crippen LogP contribution in [-0.4, -0.2) is 59.7 Å². The lowest BCUT2D eigenvalue weighted by molar-refractivity contribution is -0.137. The molecule has 4 aromatic carbocycles. The van der Waals surface area contributed by atoms with Gasteiger partial charge in [0.15, 0.2) is 17.1 Å².